The first kappa shape index (κ1) is 12.0. The van der Waals surface area contributed by atoms with Crippen LogP contribution >= 0.6 is 12.2 Å². The van der Waals surface area contributed by atoms with Crippen LogP contribution in [0.5, 0.6) is 0 Å². The quantitative estimate of drug-likeness (QED) is 0.767. The minimum atomic E-state index is 0.369. The molecule has 1 aromatic carbocycles. The summed E-state index contributed by atoms with van der Waals surface area (Å²) >= 11 is 4.73. The molecule has 0 atom stereocenters. The van der Waals surface area contributed by atoms with Crippen LogP contribution in [0.2, 0.25) is 0 Å². The standard InChI is InChI=1S/C12H18N2S/c1-9(2)11-5-3-10(4-6-11)7-8-14-12(13)15/h3-6,9H,7-8H2,1-2H3,(H3,13,14,15). The second kappa shape index (κ2) is 5.71. The molecule has 0 bridgehead atoms. The van der Waals surface area contributed by atoms with E-state index in [4.69, 9.17) is 18.0 Å². The van der Waals surface area contributed by atoms with Crippen molar-refractivity contribution < 1.29 is 0 Å². The first-order valence-electron chi connectivity index (χ1n) is 5.21. The van der Waals surface area contributed by atoms with Gasteiger partial charge in [-0.1, -0.05) is 38.1 Å². The smallest absolute Gasteiger partial charge is 0.163 e. The highest BCUT2D eigenvalue weighted by Crippen LogP contribution is 2.14. The van der Waals surface area contributed by atoms with Crippen LogP contribution in [0.3, 0.4) is 0 Å². The van der Waals surface area contributed by atoms with Gasteiger partial charge >= 0.3 is 0 Å². The summed E-state index contributed by atoms with van der Waals surface area (Å²) in [4.78, 5) is 0. The Bertz CT molecular complexity index is 317. The lowest BCUT2D eigenvalue weighted by Gasteiger charge is -2.07. The zero-order valence-corrected chi connectivity index (χ0v) is 10.1. The summed E-state index contributed by atoms with van der Waals surface area (Å²) in [6, 6.07) is 8.69. The van der Waals surface area contributed by atoms with Crippen LogP contribution in [-0.2, 0) is 6.42 Å². The van der Waals surface area contributed by atoms with E-state index >= 15 is 0 Å². The molecule has 1 rings (SSSR count). The van der Waals surface area contributed by atoms with Crippen molar-refractivity contribution in [2.45, 2.75) is 26.2 Å². The van der Waals surface area contributed by atoms with Crippen molar-refractivity contribution in [1.29, 1.82) is 0 Å². The Morgan fingerprint density at radius 1 is 1.33 bits per heavy atom. The topological polar surface area (TPSA) is 38.0 Å². The van der Waals surface area contributed by atoms with Crippen molar-refractivity contribution in [2.75, 3.05) is 6.54 Å². The van der Waals surface area contributed by atoms with Gasteiger partial charge in [-0.05, 0) is 35.7 Å². The molecule has 0 fully saturated rings. The van der Waals surface area contributed by atoms with E-state index in [0.29, 0.717) is 11.0 Å². The van der Waals surface area contributed by atoms with Gasteiger partial charge in [0.15, 0.2) is 5.11 Å². The molecule has 0 aliphatic heterocycles. The predicted octanol–water partition coefficient (Wildman–Crippen LogP) is 2.19. The lowest BCUT2D eigenvalue weighted by molar-refractivity contribution is 0.852. The van der Waals surface area contributed by atoms with Crippen molar-refractivity contribution in [2.24, 2.45) is 5.73 Å². The molecule has 82 valence electrons. The molecule has 0 unspecified atom stereocenters. The molecule has 3 N–H and O–H groups in total. The Labute approximate surface area is 96.9 Å². The Morgan fingerprint density at radius 3 is 2.40 bits per heavy atom. The van der Waals surface area contributed by atoms with E-state index in [9.17, 15) is 0 Å². The molecule has 0 aliphatic carbocycles. The van der Waals surface area contributed by atoms with Crippen LogP contribution in [0.25, 0.3) is 0 Å². The number of hydrogen-bond acceptors (Lipinski definition) is 1. The van der Waals surface area contributed by atoms with Crippen LogP contribution in [0.1, 0.15) is 30.9 Å². The molecule has 0 spiro atoms. The summed E-state index contributed by atoms with van der Waals surface area (Å²) < 4.78 is 0. The fraction of sp³-hybridized carbons (Fsp3) is 0.417. The van der Waals surface area contributed by atoms with Gasteiger partial charge in [0.25, 0.3) is 0 Å². The second-order valence-corrected chi connectivity index (χ2v) is 4.38. The van der Waals surface area contributed by atoms with Crippen molar-refractivity contribution >= 4 is 17.3 Å². The maximum Gasteiger partial charge on any atom is 0.163 e. The molecule has 0 aromatic heterocycles. The maximum atomic E-state index is 5.34. The summed E-state index contributed by atoms with van der Waals surface area (Å²) in [6.45, 7) is 5.20. The van der Waals surface area contributed by atoms with E-state index in [1.54, 1.807) is 0 Å². The zero-order valence-electron chi connectivity index (χ0n) is 9.29. The third kappa shape index (κ3) is 4.30. The number of thiocarbonyl (C=S) groups is 1. The van der Waals surface area contributed by atoms with Gasteiger partial charge in [0.05, 0.1) is 0 Å². The van der Waals surface area contributed by atoms with Crippen molar-refractivity contribution in [3.05, 3.63) is 35.4 Å². The Morgan fingerprint density at radius 2 is 1.93 bits per heavy atom. The van der Waals surface area contributed by atoms with E-state index in [2.05, 4.69) is 43.4 Å². The number of hydrogen-bond donors (Lipinski definition) is 2. The maximum absolute atomic E-state index is 5.34. The minimum absolute atomic E-state index is 0.369. The molecule has 0 saturated heterocycles. The zero-order chi connectivity index (χ0) is 11.3. The van der Waals surface area contributed by atoms with Gasteiger partial charge in [-0.2, -0.15) is 0 Å². The molecule has 0 heterocycles. The molecule has 0 amide bonds. The molecule has 2 nitrogen and oxygen atoms in total. The van der Waals surface area contributed by atoms with Crippen LogP contribution < -0.4 is 11.1 Å². The van der Waals surface area contributed by atoms with Gasteiger partial charge in [-0.25, -0.2) is 0 Å². The normalized spacial score (nSPS) is 10.3. The van der Waals surface area contributed by atoms with Gasteiger partial charge in [0, 0.05) is 6.54 Å². The third-order valence-electron chi connectivity index (χ3n) is 2.36. The number of nitrogens with one attached hydrogen (secondary N) is 1. The van der Waals surface area contributed by atoms with E-state index in [-0.39, 0.29) is 0 Å². The fourth-order valence-electron chi connectivity index (χ4n) is 1.40. The van der Waals surface area contributed by atoms with Gasteiger partial charge in [-0.3, -0.25) is 0 Å². The predicted molar refractivity (Wildman–Crippen MR) is 69.0 cm³/mol. The molecule has 3 heteroatoms. The van der Waals surface area contributed by atoms with E-state index in [1.165, 1.54) is 11.1 Å². The number of benzene rings is 1. The van der Waals surface area contributed by atoms with E-state index in [1.807, 2.05) is 0 Å². The van der Waals surface area contributed by atoms with Crippen LogP contribution in [0.15, 0.2) is 24.3 Å². The van der Waals surface area contributed by atoms with E-state index in [0.717, 1.165) is 13.0 Å². The highest BCUT2D eigenvalue weighted by atomic mass is 32.1. The SMILES string of the molecule is CC(C)c1ccc(CCNC(N)=S)cc1. The van der Waals surface area contributed by atoms with Crippen LogP contribution in [0, 0.1) is 0 Å². The Kier molecular flexibility index (Phi) is 4.56. The van der Waals surface area contributed by atoms with Gasteiger partial charge < -0.3 is 11.1 Å². The average molecular weight is 222 g/mol. The average Bonchev–Trinajstić information content (AvgIpc) is 2.18. The largest absolute Gasteiger partial charge is 0.376 e. The first-order valence-corrected chi connectivity index (χ1v) is 5.62. The lowest BCUT2D eigenvalue weighted by Crippen LogP contribution is -2.30. The highest BCUT2D eigenvalue weighted by molar-refractivity contribution is 7.80. The van der Waals surface area contributed by atoms with Crippen LogP contribution in [-0.4, -0.2) is 11.7 Å². The summed E-state index contributed by atoms with van der Waals surface area (Å²) in [5.74, 6) is 0.591. The monoisotopic (exact) mass is 222 g/mol. The van der Waals surface area contributed by atoms with Crippen molar-refractivity contribution in [3.63, 3.8) is 0 Å². The number of nitrogens with two attached hydrogens (primary N) is 1. The molecule has 0 saturated carbocycles. The molecule has 15 heavy (non-hydrogen) atoms. The summed E-state index contributed by atoms with van der Waals surface area (Å²) in [5.41, 5.74) is 8.03. The Hall–Kier alpha value is -1.09. The lowest BCUT2D eigenvalue weighted by atomic mass is 10.0. The van der Waals surface area contributed by atoms with Gasteiger partial charge in [0.1, 0.15) is 0 Å². The van der Waals surface area contributed by atoms with Gasteiger partial charge in [-0.15, -0.1) is 0 Å². The van der Waals surface area contributed by atoms with Crippen molar-refractivity contribution in [3.8, 4) is 0 Å². The molecular formula is C12H18N2S. The first-order chi connectivity index (χ1) is 7.09. The Balaban J connectivity index is 2.46. The van der Waals surface area contributed by atoms with Gasteiger partial charge in [0.2, 0.25) is 0 Å². The molecule has 0 radical (unpaired) electrons. The minimum Gasteiger partial charge on any atom is -0.376 e. The summed E-state index contributed by atoms with van der Waals surface area (Å²) in [7, 11) is 0. The fourth-order valence-corrected chi connectivity index (χ4v) is 1.50. The summed E-state index contributed by atoms with van der Waals surface area (Å²) in [5, 5.41) is 3.31. The molecular weight excluding hydrogens is 204 g/mol. The third-order valence-corrected chi connectivity index (χ3v) is 2.50. The highest BCUT2D eigenvalue weighted by Gasteiger charge is 1.98. The van der Waals surface area contributed by atoms with Crippen LogP contribution in [0.4, 0.5) is 0 Å². The second-order valence-electron chi connectivity index (χ2n) is 3.94. The molecule has 1 aromatic rings. The summed E-state index contributed by atoms with van der Waals surface area (Å²) in [6.07, 6.45) is 0.954. The number of rotatable bonds is 4. The molecule has 0 aliphatic rings. The van der Waals surface area contributed by atoms with Crippen molar-refractivity contribution in [1.82, 2.24) is 5.32 Å². The van der Waals surface area contributed by atoms with E-state index < -0.39 is 0 Å².